The van der Waals surface area contributed by atoms with Gasteiger partial charge in [-0.2, -0.15) is 0 Å². The number of carbonyl (C=O) groups is 1. The fourth-order valence-electron chi connectivity index (χ4n) is 1.07. The number of amides is 1. The van der Waals surface area contributed by atoms with E-state index < -0.39 is 0 Å². The molecule has 14 heavy (non-hydrogen) atoms. The molecule has 4 heteroatoms. The van der Waals surface area contributed by atoms with Crippen molar-refractivity contribution in [3.63, 3.8) is 0 Å². The fraction of sp³-hybridized carbons (Fsp3) is 0.300. The number of hydrogen-bond acceptors (Lipinski definition) is 1. The van der Waals surface area contributed by atoms with Crippen molar-refractivity contribution in [1.82, 2.24) is 0 Å². The molecular formula is C10H11BrClNO. The van der Waals surface area contributed by atoms with E-state index in [0.29, 0.717) is 0 Å². The molecule has 0 aliphatic rings. The number of nitrogens with zero attached hydrogens (tertiary/aromatic N) is 1. The molecule has 0 atom stereocenters. The molecule has 2 nitrogen and oxygen atoms in total. The average Bonchev–Trinajstić information content (AvgIpc) is 2.20. The van der Waals surface area contributed by atoms with E-state index >= 15 is 0 Å². The van der Waals surface area contributed by atoms with E-state index in [2.05, 4.69) is 15.9 Å². The molecular weight excluding hydrogens is 265 g/mol. The van der Waals surface area contributed by atoms with E-state index in [0.717, 1.165) is 15.7 Å². The van der Waals surface area contributed by atoms with Gasteiger partial charge in [-0.25, -0.2) is 0 Å². The van der Waals surface area contributed by atoms with E-state index in [1.807, 2.05) is 25.1 Å². The second kappa shape index (κ2) is 4.80. The third-order valence-corrected chi connectivity index (χ3v) is 3.14. The van der Waals surface area contributed by atoms with Gasteiger partial charge in [-0.1, -0.05) is 15.9 Å². The van der Waals surface area contributed by atoms with Crippen LogP contribution in [-0.2, 0) is 4.79 Å². The highest BCUT2D eigenvalue weighted by Crippen LogP contribution is 2.22. The zero-order chi connectivity index (χ0) is 10.7. The van der Waals surface area contributed by atoms with Crippen LogP contribution in [-0.4, -0.2) is 18.8 Å². The standard InChI is InChI=1S/C10H11BrClNO/c1-7-5-8(3-4-9(7)11)13(2)10(14)6-12/h3-5H,6H2,1-2H3. The van der Waals surface area contributed by atoms with Gasteiger partial charge in [0.25, 0.3) is 0 Å². The van der Waals surface area contributed by atoms with Crippen molar-refractivity contribution in [2.45, 2.75) is 6.92 Å². The van der Waals surface area contributed by atoms with Crippen molar-refractivity contribution in [2.75, 3.05) is 17.8 Å². The Morgan fingerprint density at radius 3 is 2.71 bits per heavy atom. The molecule has 1 amide bonds. The van der Waals surface area contributed by atoms with Crippen LogP contribution in [0.15, 0.2) is 22.7 Å². The Bertz CT molecular complexity index is 354. The first kappa shape index (κ1) is 11.5. The quantitative estimate of drug-likeness (QED) is 0.761. The van der Waals surface area contributed by atoms with Gasteiger partial charge in [0.1, 0.15) is 5.88 Å². The number of benzene rings is 1. The molecule has 0 fully saturated rings. The van der Waals surface area contributed by atoms with E-state index in [1.54, 1.807) is 11.9 Å². The Morgan fingerprint density at radius 2 is 2.21 bits per heavy atom. The average molecular weight is 277 g/mol. The summed E-state index contributed by atoms with van der Waals surface area (Å²) in [6.45, 7) is 1.98. The van der Waals surface area contributed by atoms with E-state index in [9.17, 15) is 4.79 Å². The lowest BCUT2D eigenvalue weighted by molar-refractivity contribution is -0.116. The van der Waals surface area contributed by atoms with E-state index in [4.69, 9.17) is 11.6 Å². The highest BCUT2D eigenvalue weighted by Gasteiger charge is 2.09. The molecule has 0 unspecified atom stereocenters. The number of halogens is 2. The number of hydrogen-bond donors (Lipinski definition) is 0. The Morgan fingerprint density at radius 1 is 1.57 bits per heavy atom. The highest BCUT2D eigenvalue weighted by molar-refractivity contribution is 9.10. The Balaban J connectivity index is 2.96. The van der Waals surface area contributed by atoms with Crippen molar-refractivity contribution in [3.05, 3.63) is 28.2 Å². The molecule has 0 spiro atoms. The Kier molecular flexibility index (Phi) is 3.96. The number of alkyl halides is 1. The van der Waals surface area contributed by atoms with Gasteiger partial charge in [0, 0.05) is 17.2 Å². The van der Waals surface area contributed by atoms with Gasteiger partial charge in [-0.05, 0) is 30.7 Å². The summed E-state index contributed by atoms with van der Waals surface area (Å²) in [4.78, 5) is 12.8. The van der Waals surface area contributed by atoms with Crippen molar-refractivity contribution < 1.29 is 4.79 Å². The molecule has 0 aliphatic heterocycles. The maximum atomic E-state index is 11.3. The summed E-state index contributed by atoms with van der Waals surface area (Å²) in [7, 11) is 1.72. The summed E-state index contributed by atoms with van der Waals surface area (Å²) in [5.41, 5.74) is 1.95. The van der Waals surface area contributed by atoms with Crippen LogP contribution in [0.3, 0.4) is 0 Å². The lowest BCUT2D eigenvalue weighted by atomic mass is 10.2. The first-order chi connectivity index (χ1) is 6.56. The molecule has 0 N–H and O–H groups in total. The summed E-state index contributed by atoms with van der Waals surface area (Å²) in [5, 5.41) is 0. The number of anilines is 1. The lowest BCUT2D eigenvalue weighted by Gasteiger charge is -2.16. The first-order valence-electron chi connectivity index (χ1n) is 4.15. The molecule has 0 radical (unpaired) electrons. The van der Waals surface area contributed by atoms with Crippen LogP contribution < -0.4 is 4.90 Å². The predicted molar refractivity (Wildman–Crippen MR) is 63.0 cm³/mol. The largest absolute Gasteiger partial charge is 0.314 e. The first-order valence-corrected chi connectivity index (χ1v) is 5.47. The fourth-order valence-corrected chi connectivity index (χ4v) is 1.50. The van der Waals surface area contributed by atoms with Crippen molar-refractivity contribution in [3.8, 4) is 0 Å². The molecule has 1 rings (SSSR count). The maximum Gasteiger partial charge on any atom is 0.241 e. The number of aryl methyl sites for hydroxylation is 1. The van der Waals surface area contributed by atoms with Crippen LogP contribution in [0.4, 0.5) is 5.69 Å². The zero-order valence-corrected chi connectivity index (χ0v) is 10.4. The monoisotopic (exact) mass is 275 g/mol. The van der Waals surface area contributed by atoms with E-state index in [-0.39, 0.29) is 11.8 Å². The maximum absolute atomic E-state index is 11.3. The summed E-state index contributed by atoms with van der Waals surface area (Å²) in [5.74, 6) is -0.0978. The second-order valence-electron chi connectivity index (χ2n) is 3.02. The van der Waals surface area contributed by atoms with Gasteiger partial charge >= 0.3 is 0 Å². The number of rotatable bonds is 2. The van der Waals surface area contributed by atoms with Crippen LogP contribution in [0.2, 0.25) is 0 Å². The Hall–Kier alpha value is -0.540. The smallest absolute Gasteiger partial charge is 0.241 e. The van der Waals surface area contributed by atoms with Gasteiger partial charge in [-0.3, -0.25) is 4.79 Å². The van der Waals surface area contributed by atoms with E-state index in [1.165, 1.54) is 0 Å². The molecule has 76 valence electrons. The summed E-state index contributed by atoms with van der Waals surface area (Å²) in [6, 6.07) is 5.73. The zero-order valence-electron chi connectivity index (χ0n) is 8.05. The molecule has 0 aliphatic carbocycles. The van der Waals surface area contributed by atoms with Crippen molar-refractivity contribution in [1.29, 1.82) is 0 Å². The third kappa shape index (κ3) is 2.49. The van der Waals surface area contributed by atoms with Crippen LogP contribution >= 0.6 is 27.5 Å². The molecule has 0 aromatic heterocycles. The van der Waals surface area contributed by atoms with Crippen molar-refractivity contribution >= 4 is 39.1 Å². The molecule has 1 aromatic rings. The molecule has 0 saturated carbocycles. The van der Waals surface area contributed by atoms with Gasteiger partial charge in [0.05, 0.1) is 0 Å². The SMILES string of the molecule is Cc1cc(N(C)C(=O)CCl)ccc1Br. The minimum absolute atomic E-state index is 0.00557. The number of carbonyl (C=O) groups excluding carboxylic acids is 1. The van der Waals surface area contributed by atoms with Gasteiger partial charge in [0.15, 0.2) is 0 Å². The van der Waals surface area contributed by atoms with Gasteiger partial charge in [-0.15, -0.1) is 11.6 Å². The van der Waals surface area contributed by atoms with Crippen LogP contribution in [0.1, 0.15) is 5.56 Å². The predicted octanol–water partition coefficient (Wildman–Crippen LogP) is 2.96. The summed E-state index contributed by atoms with van der Waals surface area (Å²) in [6.07, 6.45) is 0. The third-order valence-electron chi connectivity index (χ3n) is 2.02. The minimum Gasteiger partial charge on any atom is -0.314 e. The molecule has 0 heterocycles. The molecule has 0 saturated heterocycles. The van der Waals surface area contributed by atoms with Crippen LogP contribution in [0.25, 0.3) is 0 Å². The Labute approximate surface area is 97.0 Å². The highest BCUT2D eigenvalue weighted by atomic mass is 79.9. The second-order valence-corrected chi connectivity index (χ2v) is 4.14. The lowest BCUT2D eigenvalue weighted by Crippen LogP contribution is -2.27. The molecule has 0 bridgehead atoms. The van der Waals surface area contributed by atoms with Gasteiger partial charge < -0.3 is 4.90 Å². The molecule has 1 aromatic carbocycles. The van der Waals surface area contributed by atoms with Crippen molar-refractivity contribution in [2.24, 2.45) is 0 Å². The van der Waals surface area contributed by atoms with Gasteiger partial charge in [0.2, 0.25) is 5.91 Å². The van der Waals surface area contributed by atoms with Crippen LogP contribution in [0, 0.1) is 6.92 Å². The summed E-state index contributed by atoms with van der Waals surface area (Å²) < 4.78 is 1.04. The summed E-state index contributed by atoms with van der Waals surface area (Å²) >= 11 is 8.87. The van der Waals surface area contributed by atoms with Crippen LogP contribution in [0.5, 0.6) is 0 Å². The normalized spacial score (nSPS) is 10.0. The minimum atomic E-state index is -0.103. The topological polar surface area (TPSA) is 20.3 Å².